The summed E-state index contributed by atoms with van der Waals surface area (Å²) < 4.78 is 24.2. The molecule has 7 nitrogen and oxygen atoms in total. The lowest BCUT2D eigenvalue weighted by atomic mass is 9.90. The summed E-state index contributed by atoms with van der Waals surface area (Å²) in [5.74, 6) is -0.547. The lowest BCUT2D eigenvalue weighted by molar-refractivity contribution is 0.0697. The van der Waals surface area contributed by atoms with Crippen LogP contribution in [0.1, 0.15) is 44.6 Å². The zero-order chi connectivity index (χ0) is 30.9. The van der Waals surface area contributed by atoms with Gasteiger partial charge in [-0.3, -0.25) is 9.51 Å². The van der Waals surface area contributed by atoms with E-state index in [2.05, 4.69) is 20.7 Å². The highest BCUT2D eigenvalue weighted by molar-refractivity contribution is 5.87. The maximum absolute atomic E-state index is 14.4. The molecule has 4 aromatic carbocycles. The molecule has 224 valence electrons. The van der Waals surface area contributed by atoms with Crippen LogP contribution < -0.4 is 10.5 Å². The molecule has 0 bridgehead atoms. The van der Waals surface area contributed by atoms with Gasteiger partial charge in [0.25, 0.3) is 0 Å². The van der Waals surface area contributed by atoms with Gasteiger partial charge in [0.2, 0.25) is 0 Å². The Morgan fingerprint density at radius 1 is 0.932 bits per heavy atom. The molecule has 0 aliphatic rings. The summed E-state index contributed by atoms with van der Waals surface area (Å²) in [6.45, 7) is 0. The van der Waals surface area contributed by atoms with Gasteiger partial charge in [0, 0.05) is 5.56 Å². The minimum Gasteiger partial charge on any atom is -0.497 e. The number of carboxylic acid groups (broad SMARTS) is 1. The minimum atomic E-state index is -0.959. The molecule has 0 spiro atoms. The van der Waals surface area contributed by atoms with Gasteiger partial charge in [-0.05, 0) is 102 Å². The van der Waals surface area contributed by atoms with E-state index in [0.29, 0.717) is 12.2 Å². The number of aryl methyl sites for hydroxylation is 3. The molecule has 0 aliphatic carbocycles. The zero-order valence-corrected chi connectivity index (χ0v) is 24.3. The number of rotatable bonds is 13. The van der Waals surface area contributed by atoms with Crippen LogP contribution in [0.15, 0.2) is 106 Å². The standard InChI is InChI=1S/C36H33FN2O5/c1-43-33-20-10-25(11-21-33)4-12-28-18-19-32(37)23-31(28)17-9-26(22-27-7-15-30(16-8-27)35(40)41)3-2-24-5-13-29(14-6-24)34-38-36(42)44-39-34/h5-11,13-21,23,26H,2-4,12,22H2,1H3,(H,40,41)(H,38,39,42)/b17-9-. The zero-order valence-electron chi connectivity index (χ0n) is 24.3. The molecule has 44 heavy (non-hydrogen) atoms. The number of benzene rings is 4. The van der Waals surface area contributed by atoms with E-state index >= 15 is 0 Å². The summed E-state index contributed by atoms with van der Waals surface area (Å²) in [6, 6.07) is 27.6. The number of carboxylic acids is 1. The Hall–Kier alpha value is -5.24. The molecule has 0 radical (unpaired) electrons. The van der Waals surface area contributed by atoms with Crippen molar-refractivity contribution in [2.75, 3.05) is 7.11 Å². The Morgan fingerprint density at radius 2 is 1.61 bits per heavy atom. The maximum atomic E-state index is 14.4. The number of ether oxygens (including phenoxy) is 1. The van der Waals surface area contributed by atoms with Crippen LogP contribution in [0.5, 0.6) is 5.75 Å². The quantitative estimate of drug-likeness (QED) is 0.150. The van der Waals surface area contributed by atoms with E-state index in [-0.39, 0.29) is 17.3 Å². The van der Waals surface area contributed by atoms with Gasteiger partial charge in [0.1, 0.15) is 11.6 Å². The van der Waals surface area contributed by atoms with Gasteiger partial charge >= 0.3 is 11.7 Å². The van der Waals surface area contributed by atoms with Crippen LogP contribution in [-0.4, -0.2) is 28.3 Å². The number of aromatic nitrogens is 2. The van der Waals surface area contributed by atoms with Crippen LogP contribution in [-0.2, 0) is 25.7 Å². The van der Waals surface area contributed by atoms with Crippen molar-refractivity contribution in [2.45, 2.75) is 32.1 Å². The Bertz CT molecular complexity index is 1770. The van der Waals surface area contributed by atoms with Crippen molar-refractivity contribution < 1.29 is 23.6 Å². The fourth-order valence-electron chi connectivity index (χ4n) is 5.15. The first-order chi connectivity index (χ1) is 21.4. The second-order valence-corrected chi connectivity index (χ2v) is 10.7. The molecule has 0 aliphatic heterocycles. The van der Waals surface area contributed by atoms with Crippen LogP contribution >= 0.6 is 0 Å². The lowest BCUT2D eigenvalue weighted by Gasteiger charge is -2.15. The van der Waals surface area contributed by atoms with Gasteiger partial charge in [0.15, 0.2) is 5.82 Å². The summed E-state index contributed by atoms with van der Waals surface area (Å²) >= 11 is 0. The first-order valence-electron chi connectivity index (χ1n) is 14.4. The number of aromatic amines is 1. The number of methoxy groups -OCH3 is 1. The predicted molar refractivity (Wildman–Crippen MR) is 167 cm³/mol. The molecule has 0 amide bonds. The third-order valence-electron chi connectivity index (χ3n) is 7.67. The van der Waals surface area contributed by atoms with Crippen molar-refractivity contribution >= 4 is 12.0 Å². The topological polar surface area (TPSA) is 105 Å². The second-order valence-electron chi connectivity index (χ2n) is 10.7. The molecule has 0 fully saturated rings. The molecule has 1 heterocycles. The summed E-state index contributed by atoms with van der Waals surface area (Å²) in [4.78, 5) is 25.2. The molecule has 1 unspecified atom stereocenters. The number of aromatic carboxylic acids is 1. The van der Waals surface area contributed by atoms with E-state index in [0.717, 1.165) is 59.3 Å². The molecule has 8 heteroatoms. The predicted octanol–water partition coefficient (Wildman–Crippen LogP) is 7.17. The van der Waals surface area contributed by atoms with Crippen LogP contribution in [0, 0.1) is 11.7 Å². The van der Waals surface area contributed by atoms with Crippen LogP contribution in [0.3, 0.4) is 0 Å². The normalized spacial score (nSPS) is 12.0. The van der Waals surface area contributed by atoms with Gasteiger partial charge in [-0.2, -0.15) is 0 Å². The molecular formula is C36H33FN2O5. The smallest absolute Gasteiger partial charge is 0.439 e. The third-order valence-corrected chi connectivity index (χ3v) is 7.67. The highest BCUT2D eigenvalue weighted by Crippen LogP contribution is 2.23. The fraction of sp³-hybridized carbons (Fsp3) is 0.194. The molecule has 5 aromatic rings. The van der Waals surface area contributed by atoms with E-state index in [1.165, 1.54) is 11.6 Å². The van der Waals surface area contributed by atoms with Crippen molar-refractivity contribution in [1.82, 2.24) is 10.1 Å². The van der Waals surface area contributed by atoms with Gasteiger partial charge in [-0.25, -0.2) is 14.0 Å². The molecule has 5 rings (SSSR count). The molecule has 1 aromatic heterocycles. The van der Waals surface area contributed by atoms with Crippen molar-refractivity contribution in [1.29, 1.82) is 0 Å². The van der Waals surface area contributed by atoms with Crippen molar-refractivity contribution in [2.24, 2.45) is 5.92 Å². The highest BCUT2D eigenvalue weighted by Gasteiger charge is 2.11. The van der Waals surface area contributed by atoms with Crippen LogP contribution in [0.4, 0.5) is 4.39 Å². The first-order valence-corrected chi connectivity index (χ1v) is 14.4. The number of hydrogen-bond donors (Lipinski definition) is 2. The van der Waals surface area contributed by atoms with E-state index in [1.54, 1.807) is 25.3 Å². The third kappa shape index (κ3) is 8.19. The number of nitrogens with one attached hydrogen (secondary N) is 1. The molecule has 0 saturated carbocycles. The molecular weight excluding hydrogens is 559 g/mol. The van der Waals surface area contributed by atoms with E-state index in [9.17, 15) is 19.1 Å². The Kier molecular flexibility index (Phi) is 9.81. The van der Waals surface area contributed by atoms with Gasteiger partial charge < -0.3 is 9.84 Å². The van der Waals surface area contributed by atoms with E-state index in [1.807, 2.05) is 72.8 Å². The number of nitrogens with zero attached hydrogens (tertiary/aromatic N) is 1. The number of hydrogen-bond acceptors (Lipinski definition) is 5. The number of carbonyl (C=O) groups is 1. The average Bonchev–Trinajstić information content (AvgIpc) is 3.48. The summed E-state index contributed by atoms with van der Waals surface area (Å²) in [7, 11) is 1.64. The summed E-state index contributed by atoms with van der Waals surface area (Å²) in [5.41, 5.74) is 6.21. The van der Waals surface area contributed by atoms with Crippen molar-refractivity contribution in [3.63, 3.8) is 0 Å². The van der Waals surface area contributed by atoms with Gasteiger partial charge in [0.05, 0.1) is 12.7 Å². The SMILES string of the molecule is COc1ccc(CCc2ccc(F)cc2/C=C\C(CCc2ccc(-c3noc(=O)[nH]3)cc2)Cc2ccc(C(=O)O)cc2)cc1. The molecule has 0 saturated heterocycles. The second kappa shape index (κ2) is 14.3. The van der Waals surface area contributed by atoms with Gasteiger partial charge in [-0.15, -0.1) is 0 Å². The van der Waals surface area contributed by atoms with E-state index in [4.69, 9.17) is 4.74 Å². The Morgan fingerprint density at radius 3 is 2.27 bits per heavy atom. The first kappa shape index (κ1) is 30.2. The van der Waals surface area contributed by atoms with Gasteiger partial charge in [-0.1, -0.05) is 71.9 Å². The minimum absolute atomic E-state index is 0.106. The molecule has 1 atom stereocenters. The van der Waals surface area contributed by atoms with Crippen molar-refractivity contribution in [3.05, 3.63) is 147 Å². The molecule has 2 N–H and O–H groups in total. The van der Waals surface area contributed by atoms with Crippen molar-refractivity contribution in [3.8, 4) is 17.1 Å². The van der Waals surface area contributed by atoms with Crippen LogP contribution in [0.2, 0.25) is 0 Å². The highest BCUT2D eigenvalue weighted by atomic mass is 19.1. The largest absolute Gasteiger partial charge is 0.497 e. The lowest BCUT2D eigenvalue weighted by Crippen LogP contribution is -2.05. The average molecular weight is 593 g/mol. The summed E-state index contributed by atoms with van der Waals surface area (Å²) in [5, 5.41) is 13.0. The van der Waals surface area contributed by atoms with Crippen LogP contribution in [0.25, 0.3) is 17.5 Å². The number of allylic oxidation sites excluding steroid dienone is 1. The maximum Gasteiger partial charge on any atom is 0.439 e. The summed E-state index contributed by atoms with van der Waals surface area (Å²) in [6.07, 6.45) is 8.01. The van der Waals surface area contributed by atoms with E-state index < -0.39 is 11.7 Å². The Labute approximate surface area is 254 Å². The Balaban J connectivity index is 1.33. The fourth-order valence-corrected chi connectivity index (χ4v) is 5.15. The monoisotopic (exact) mass is 592 g/mol. The number of H-pyrrole nitrogens is 1. The number of halogens is 1.